The Hall–Kier alpha value is -2.53. The van der Waals surface area contributed by atoms with Crippen molar-refractivity contribution >= 4 is 16.1 Å². The standard InChI is InChI=1S/C15H15NO3Si/c16-14(17)13(18-11-7-3-1-4-8-11)15(20)19-12-9-5-2-6-10-12/h1-10H,20H3,(H2,16,17)/b15-13-. The molecule has 4 nitrogen and oxygen atoms in total. The molecule has 0 aliphatic heterocycles. The Kier molecular flexibility index (Phi) is 4.57. The van der Waals surface area contributed by atoms with Crippen LogP contribution in [-0.2, 0) is 4.79 Å². The molecule has 0 aliphatic carbocycles. The van der Waals surface area contributed by atoms with Gasteiger partial charge in [-0.15, -0.1) is 0 Å². The van der Waals surface area contributed by atoms with Crippen LogP contribution in [0.15, 0.2) is 71.8 Å². The van der Waals surface area contributed by atoms with Gasteiger partial charge in [0.25, 0.3) is 5.91 Å². The zero-order valence-corrected chi connectivity index (χ0v) is 13.1. The molecule has 0 heterocycles. The van der Waals surface area contributed by atoms with Gasteiger partial charge in [-0.2, -0.15) is 0 Å². The number of para-hydroxylation sites is 2. The fourth-order valence-corrected chi connectivity index (χ4v) is 2.20. The maximum Gasteiger partial charge on any atom is 0.287 e. The van der Waals surface area contributed by atoms with E-state index < -0.39 is 5.91 Å². The Morgan fingerprint density at radius 1 is 0.850 bits per heavy atom. The summed E-state index contributed by atoms with van der Waals surface area (Å²) in [5.41, 5.74) is 5.36. The van der Waals surface area contributed by atoms with E-state index in [-0.39, 0.29) is 5.76 Å². The molecule has 0 saturated heterocycles. The van der Waals surface area contributed by atoms with E-state index in [0.717, 1.165) is 0 Å². The van der Waals surface area contributed by atoms with Gasteiger partial charge in [-0.3, -0.25) is 4.79 Å². The van der Waals surface area contributed by atoms with Gasteiger partial charge in [0.1, 0.15) is 16.9 Å². The molecule has 0 atom stereocenters. The van der Waals surface area contributed by atoms with Crippen LogP contribution in [0.3, 0.4) is 0 Å². The van der Waals surface area contributed by atoms with Gasteiger partial charge in [-0.1, -0.05) is 36.4 Å². The number of carbonyl (C=O) groups excluding carboxylic acids is 1. The van der Waals surface area contributed by atoms with Crippen molar-refractivity contribution in [3.05, 3.63) is 71.8 Å². The van der Waals surface area contributed by atoms with Crippen LogP contribution in [0.2, 0.25) is 0 Å². The Balaban J connectivity index is 2.22. The molecule has 5 heteroatoms. The SMILES string of the molecule is NC(=O)/C(Oc1ccccc1)=C(/[SiH3])Oc1ccccc1. The minimum atomic E-state index is -0.644. The summed E-state index contributed by atoms with van der Waals surface area (Å²) in [5.74, 6) is 0.598. The smallest absolute Gasteiger partial charge is 0.287 e. The Morgan fingerprint density at radius 3 is 1.75 bits per heavy atom. The lowest BCUT2D eigenvalue weighted by Gasteiger charge is -2.12. The third kappa shape index (κ3) is 3.73. The van der Waals surface area contributed by atoms with E-state index in [2.05, 4.69) is 0 Å². The first kappa shape index (κ1) is 13.9. The molecule has 2 N–H and O–H groups in total. The zero-order valence-electron chi connectivity index (χ0n) is 11.1. The van der Waals surface area contributed by atoms with Gasteiger partial charge in [-0.25, -0.2) is 0 Å². The molecule has 2 aromatic carbocycles. The van der Waals surface area contributed by atoms with E-state index in [9.17, 15) is 4.79 Å². The molecule has 0 fully saturated rings. The van der Waals surface area contributed by atoms with Crippen LogP contribution in [-0.4, -0.2) is 16.1 Å². The molecule has 20 heavy (non-hydrogen) atoms. The molecule has 0 unspecified atom stereocenters. The third-order valence-electron chi connectivity index (χ3n) is 2.52. The molecular formula is C15H15NO3Si. The van der Waals surface area contributed by atoms with Gasteiger partial charge >= 0.3 is 0 Å². The van der Waals surface area contributed by atoms with E-state index in [1.54, 1.807) is 24.3 Å². The predicted molar refractivity (Wildman–Crippen MR) is 80.3 cm³/mol. The molecule has 0 spiro atoms. The second-order valence-electron chi connectivity index (χ2n) is 4.08. The van der Waals surface area contributed by atoms with Gasteiger partial charge in [0.15, 0.2) is 0 Å². The Bertz CT molecular complexity index is 612. The van der Waals surface area contributed by atoms with Gasteiger partial charge in [0, 0.05) is 0 Å². The zero-order chi connectivity index (χ0) is 14.4. The first-order valence-corrected chi connectivity index (χ1v) is 7.13. The van der Waals surface area contributed by atoms with Crippen molar-refractivity contribution in [1.82, 2.24) is 0 Å². The highest BCUT2D eigenvalue weighted by atomic mass is 28.1. The van der Waals surface area contributed by atoms with Gasteiger partial charge in [0.05, 0.1) is 10.2 Å². The summed E-state index contributed by atoms with van der Waals surface area (Å²) < 4.78 is 11.2. The maximum atomic E-state index is 11.5. The highest BCUT2D eigenvalue weighted by molar-refractivity contribution is 6.23. The lowest BCUT2D eigenvalue weighted by Crippen LogP contribution is -2.22. The summed E-state index contributed by atoms with van der Waals surface area (Å²) in [6, 6.07) is 18.2. The topological polar surface area (TPSA) is 61.6 Å². The second kappa shape index (κ2) is 6.58. The largest absolute Gasteiger partial charge is 0.464 e. The molecule has 0 aromatic heterocycles. The molecule has 2 rings (SSSR count). The number of carbonyl (C=O) groups is 1. The fourth-order valence-electron chi connectivity index (χ4n) is 1.61. The van der Waals surface area contributed by atoms with Crippen LogP contribution in [0, 0.1) is 0 Å². The van der Waals surface area contributed by atoms with Crippen molar-refractivity contribution < 1.29 is 14.3 Å². The number of amides is 1. The van der Waals surface area contributed by atoms with Gasteiger partial charge < -0.3 is 15.2 Å². The minimum Gasteiger partial charge on any atom is -0.464 e. The van der Waals surface area contributed by atoms with Crippen molar-refractivity contribution in [3.8, 4) is 11.5 Å². The summed E-state index contributed by atoms with van der Waals surface area (Å²) in [5, 5.41) is 0.451. The van der Waals surface area contributed by atoms with E-state index >= 15 is 0 Å². The quantitative estimate of drug-likeness (QED) is 0.509. The highest BCUT2D eigenvalue weighted by Gasteiger charge is 2.14. The van der Waals surface area contributed by atoms with Crippen molar-refractivity contribution in [2.45, 2.75) is 0 Å². The molecule has 0 bridgehead atoms. The number of primary amides is 1. The molecule has 0 saturated carbocycles. The van der Waals surface area contributed by atoms with Gasteiger partial charge in [-0.05, 0) is 24.3 Å². The van der Waals surface area contributed by atoms with E-state index in [1.165, 1.54) is 0 Å². The molecule has 0 radical (unpaired) electrons. The summed E-state index contributed by atoms with van der Waals surface area (Å²) in [6.07, 6.45) is 0. The van der Waals surface area contributed by atoms with E-state index in [0.29, 0.717) is 27.1 Å². The van der Waals surface area contributed by atoms with Crippen molar-refractivity contribution in [2.24, 2.45) is 5.73 Å². The van der Waals surface area contributed by atoms with Crippen molar-refractivity contribution in [1.29, 1.82) is 0 Å². The average Bonchev–Trinajstić information content (AvgIpc) is 2.46. The van der Waals surface area contributed by atoms with E-state index in [4.69, 9.17) is 15.2 Å². The van der Waals surface area contributed by atoms with E-state index in [1.807, 2.05) is 36.4 Å². The number of ether oxygens (including phenoxy) is 2. The Morgan fingerprint density at radius 2 is 1.30 bits per heavy atom. The first-order valence-electron chi connectivity index (χ1n) is 6.13. The van der Waals surface area contributed by atoms with Crippen molar-refractivity contribution in [2.75, 3.05) is 0 Å². The highest BCUT2D eigenvalue weighted by Crippen LogP contribution is 2.17. The van der Waals surface area contributed by atoms with Crippen LogP contribution >= 0.6 is 0 Å². The van der Waals surface area contributed by atoms with Crippen LogP contribution in [0.1, 0.15) is 0 Å². The van der Waals surface area contributed by atoms with Crippen molar-refractivity contribution in [3.63, 3.8) is 0 Å². The maximum absolute atomic E-state index is 11.5. The second-order valence-corrected chi connectivity index (χ2v) is 4.99. The molecule has 0 aliphatic rings. The lowest BCUT2D eigenvalue weighted by molar-refractivity contribution is -0.116. The summed E-state index contributed by atoms with van der Waals surface area (Å²) in [4.78, 5) is 11.5. The number of hydrogen-bond acceptors (Lipinski definition) is 3. The number of nitrogens with two attached hydrogens (primary N) is 1. The minimum absolute atomic E-state index is 0.0479. The average molecular weight is 285 g/mol. The molecule has 102 valence electrons. The lowest BCUT2D eigenvalue weighted by atomic mass is 10.3. The van der Waals surface area contributed by atoms with Crippen LogP contribution in [0.5, 0.6) is 11.5 Å². The predicted octanol–water partition coefficient (Wildman–Crippen LogP) is 1.16. The number of hydrogen-bond donors (Lipinski definition) is 1. The first-order chi connectivity index (χ1) is 9.66. The van der Waals surface area contributed by atoms with Crippen LogP contribution in [0.25, 0.3) is 0 Å². The molecular weight excluding hydrogens is 270 g/mol. The third-order valence-corrected chi connectivity index (χ3v) is 3.18. The van der Waals surface area contributed by atoms with Crippen LogP contribution in [0.4, 0.5) is 0 Å². The monoisotopic (exact) mass is 285 g/mol. The van der Waals surface area contributed by atoms with Crippen LogP contribution < -0.4 is 15.2 Å². The summed E-state index contributed by atoms with van der Waals surface area (Å²) in [7, 11) is 0.497. The number of benzene rings is 2. The number of rotatable bonds is 5. The molecule has 1 amide bonds. The summed E-state index contributed by atoms with van der Waals surface area (Å²) >= 11 is 0. The summed E-state index contributed by atoms with van der Waals surface area (Å²) in [6.45, 7) is 0. The Labute approximate surface area is 120 Å². The fraction of sp³-hybridized carbons (Fsp3) is 0. The molecule has 2 aromatic rings. The normalized spacial score (nSPS) is 11.6. The van der Waals surface area contributed by atoms with Gasteiger partial charge in [0.2, 0.25) is 5.76 Å².